The minimum Gasteiger partial charge on any atom is -0.295 e. The van der Waals surface area contributed by atoms with Gasteiger partial charge < -0.3 is 0 Å². The highest BCUT2D eigenvalue weighted by molar-refractivity contribution is 5.08. The summed E-state index contributed by atoms with van der Waals surface area (Å²) >= 11 is 0. The summed E-state index contributed by atoms with van der Waals surface area (Å²) in [5, 5.41) is 0. The van der Waals surface area contributed by atoms with Crippen LogP contribution >= 0.6 is 0 Å². The van der Waals surface area contributed by atoms with Gasteiger partial charge in [0, 0.05) is 74.5 Å². The van der Waals surface area contributed by atoms with Gasteiger partial charge in [0.25, 0.3) is 0 Å². The fourth-order valence-electron chi connectivity index (χ4n) is 5.20. The molecule has 4 saturated heterocycles. The summed E-state index contributed by atoms with van der Waals surface area (Å²) in [5.74, 6) is 0. The molecule has 0 spiro atoms. The summed E-state index contributed by atoms with van der Waals surface area (Å²) in [4.78, 5) is 11.0. The number of likely N-dealkylation sites (tertiary alicyclic amines) is 4. The van der Waals surface area contributed by atoms with Crippen molar-refractivity contribution in [1.29, 1.82) is 0 Å². The van der Waals surface area contributed by atoms with Crippen LogP contribution < -0.4 is 0 Å². The minimum absolute atomic E-state index is 0.347. The van der Waals surface area contributed by atoms with Crippen LogP contribution in [0.1, 0.15) is 48.0 Å². The first kappa shape index (κ1) is 16.3. The van der Waals surface area contributed by atoms with Crippen LogP contribution in [0, 0.1) is 0 Å². The van der Waals surface area contributed by atoms with E-state index < -0.39 is 0 Å². The zero-order valence-corrected chi connectivity index (χ0v) is 16.0. The maximum Gasteiger partial charge on any atom is 0.0354 e. The smallest absolute Gasteiger partial charge is 0.0354 e. The molecular formula is C19H36N4. The maximum absolute atomic E-state index is 2.85. The summed E-state index contributed by atoms with van der Waals surface area (Å²) in [5.41, 5.74) is 0.699. The molecule has 4 heterocycles. The Kier molecular flexibility index (Phi) is 3.67. The van der Waals surface area contributed by atoms with Crippen LogP contribution in [0.4, 0.5) is 0 Å². The molecule has 4 aliphatic heterocycles. The van der Waals surface area contributed by atoms with Crippen molar-refractivity contribution >= 4 is 0 Å². The van der Waals surface area contributed by atoms with Gasteiger partial charge in [-0.05, 0) is 48.0 Å². The number of piperazine rings is 1. The largest absolute Gasteiger partial charge is 0.295 e. The van der Waals surface area contributed by atoms with Gasteiger partial charge in [-0.25, -0.2) is 0 Å². The van der Waals surface area contributed by atoms with E-state index in [-0.39, 0.29) is 0 Å². The minimum atomic E-state index is 0.347. The molecule has 4 heteroatoms. The molecule has 0 aromatic carbocycles. The molecule has 2 unspecified atom stereocenters. The van der Waals surface area contributed by atoms with E-state index in [1.807, 2.05) is 0 Å². The van der Waals surface area contributed by atoms with Gasteiger partial charge in [-0.3, -0.25) is 19.6 Å². The Labute approximate surface area is 142 Å². The fraction of sp³-hybridized carbons (Fsp3) is 1.00. The number of rotatable bonds is 2. The summed E-state index contributed by atoms with van der Waals surface area (Å²) in [7, 11) is 0. The van der Waals surface area contributed by atoms with Gasteiger partial charge in [-0.1, -0.05) is 0 Å². The second-order valence-corrected chi connectivity index (χ2v) is 10.4. The molecule has 4 fully saturated rings. The Morgan fingerprint density at radius 3 is 1.74 bits per heavy atom. The number of hydrogen-bond acceptors (Lipinski definition) is 4. The standard InChI is InChI=1S/C19H36N4/c1-18(2,3)21-10-16(11-21)20-8-17(9-20)22-12-15-7-14(22)13-23(15)19(4,5)6/h14-17H,7-13H2,1-6H3. The molecule has 2 bridgehead atoms. The van der Waals surface area contributed by atoms with E-state index in [1.165, 1.54) is 45.7 Å². The molecule has 0 N–H and O–H groups in total. The second kappa shape index (κ2) is 5.17. The van der Waals surface area contributed by atoms with Crippen molar-refractivity contribution in [2.75, 3.05) is 39.3 Å². The van der Waals surface area contributed by atoms with Gasteiger partial charge in [0.1, 0.15) is 0 Å². The average molecular weight is 321 g/mol. The van der Waals surface area contributed by atoms with Crippen LogP contribution in [-0.4, -0.2) is 94.1 Å². The zero-order chi connectivity index (χ0) is 16.6. The van der Waals surface area contributed by atoms with Crippen molar-refractivity contribution < 1.29 is 0 Å². The number of fused-ring (bicyclic) bond motifs is 2. The van der Waals surface area contributed by atoms with Gasteiger partial charge in [-0.2, -0.15) is 0 Å². The maximum atomic E-state index is 2.85. The predicted octanol–water partition coefficient (Wildman–Crippen LogP) is 1.71. The van der Waals surface area contributed by atoms with Crippen LogP contribution in [0.15, 0.2) is 0 Å². The monoisotopic (exact) mass is 320 g/mol. The van der Waals surface area contributed by atoms with E-state index in [2.05, 4.69) is 61.1 Å². The van der Waals surface area contributed by atoms with E-state index in [9.17, 15) is 0 Å². The molecule has 4 nitrogen and oxygen atoms in total. The summed E-state index contributed by atoms with van der Waals surface area (Å²) < 4.78 is 0. The molecule has 132 valence electrons. The average Bonchev–Trinajstić information content (AvgIpc) is 2.86. The lowest BCUT2D eigenvalue weighted by Gasteiger charge is -2.58. The van der Waals surface area contributed by atoms with Crippen molar-refractivity contribution in [1.82, 2.24) is 19.6 Å². The molecule has 2 atom stereocenters. The molecule has 0 aliphatic carbocycles. The topological polar surface area (TPSA) is 13.0 Å². The third-order valence-corrected chi connectivity index (χ3v) is 6.83. The second-order valence-electron chi connectivity index (χ2n) is 10.4. The lowest BCUT2D eigenvalue weighted by molar-refractivity contribution is -0.0867. The van der Waals surface area contributed by atoms with E-state index in [0.29, 0.717) is 11.1 Å². The van der Waals surface area contributed by atoms with E-state index >= 15 is 0 Å². The Bertz CT molecular complexity index is 451. The molecule has 0 saturated carbocycles. The van der Waals surface area contributed by atoms with Crippen molar-refractivity contribution in [2.24, 2.45) is 0 Å². The van der Waals surface area contributed by atoms with E-state index in [4.69, 9.17) is 0 Å². The first-order valence-corrected chi connectivity index (χ1v) is 9.64. The summed E-state index contributed by atoms with van der Waals surface area (Å²) in [6, 6.07) is 3.32. The van der Waals surface area contributed by atoms with Crippen LogP contribution in [-0.2, 0) is 0 Å². The molecule has 23 heavy (non-hydrogen) atoms. The van der Waals surface area contributed by atoms with Crippen LogP contribution in [0.2, 0.25) is 0 Å². The third kappa shape index (κ3) is 2.76. The molecule has 0 aromatic heterocycles. The van der Waals surface area contributed by atoms with E-state index in [1.54, 1.807) is 0 Å². The Balaban J connectivity index is 1.24. The quantitative estimate of drug-likeness (QED) is 0.768. The van der Waals surface area contributed by atoms with Gasteiger partial charge in [0.15, 0.2) is 0 Å². The Morgan fingerprint density at radius 1 is 0.609 bits per heavy atom. The molecule has 0 amide bonds. The Hall–Kier alpha value is -0.160. The van der Waals surface area contributed by atoms with Crippen molar-refractivity contribution in [3.8, 4) is 0 Å². The molecule has 4 aliphatic rings. The predicted molar refractivity (Wildman–Crippen MR) is 95.8 cm³/mol. The van der Waals surface area contributed by atoms with Crippen molar-refractivity contribution in [2.45, 2.75) is 83.2 Å². The third-order valence-electron chi connectivity index (χ3n) is 6.83. The number of nitrogens with zero attached hydrogens (tertiary/aromatic N) is 4. The van der Waals surface area contributed by atoms with Gasteiger partial charge >= 0.3 is 0 Å². The van der Waals surface area contributed by atoms with Crippen LogP contribution in [0.3, 0.4) is 0 Å². The van der Waals surface area contributed by atoms with Gasteiger partial charge in [0.05, 0.1) is 0 Å². The van der Waals surface area contributed by atoms with Crippen molar-refractivity contribution in [3.63, 3.8) is 0 Å². The first-order chi connectivity index (χ1) is 10.6. The zero-order valence-electron chi connectivity index (χ0n) is 16.0. The van der Waals surface area contributed by atoms with Crippen molar-refractivity contribution in [3.05, 3.63) is 0 Å². The first-order valence-electron chi connectivity index (χ1n) is 9.64. The summed E-state index contributed by atoms with van der Waals surface area (Å²) in [6.45, 7) is 22.0. The highest BCUT2D eigenvalue weighted by Gasteiger charge is 2.51. The van der Waals surface area contributed by atoms with Crippen LogP contribution in [0.25, 0.3) is 0 Å². The molecular weight excluding hydrogens is 284 g/mol. The molecule has 4 rings (SSSR count). The van der Waals surface area contributed by atoms with Crippen LogP contribution in [0.5, 0.6) is 0 Å². The molecule has 0 radical (unpaired) electrons. The highest BCUT2D eigenvalue weighted by atomic mass is 15.4. The summed E-state index contributed by atoms with van der Waals surface area (Å²) in [6.07, 6.45) is 1.41. The lowest BCUT2D eigenvalue weighted by atomic mass is 9.93. The van der Waals surface area contributed by atoms with E-state index in [0.717, 1.165) is 24.2 Å². The molecule has 0 aromatic rings. The van der Waals surface area contributed by atoms with Gasteiger partial charge in [-0.15, -0.1) is 0 Å². The SMILES string of the molecule is CC(C)(C)N1CC(N2CC(N3CC4CC3CN4C(C)(C)C)C2)C1. The normalized spacial score (nSPS) is 35.7. The van der Waals surface area contributed by atoms with Gasteiger partial charge in [0.2, 0.25) is 0 Å². The highest BCUT2D eigenvalue weighted by Crippen LogP contribution is 2.38. The number of hydrogen-bond donors (Lipinski definition) is 0. The lowest BCUT2D eigenvalue weighted by Crippen LogP contribution is -2.72. The fourth-order valence-corrected chi connectivity index (χ4v) is 5.20. The Morgan fingerprint density at radius 2 is 1.26 bits per heavy atom.